The molecule has 1 atom stereocenters. The van der Waals surface area contributed by atoms with Gasteiger partial charge in [-0.15, -0.1) is 0 Å². The summed E-state index contributed by atoms with van der Waals surface area (Å²) in [5.41, 5.74) is 1.90. The van der Waals surface area contributed by atoms with Crippen molar-refractivity contribution in [2.75, 3.05) is 23.4 Å². The molecule has 2 fully saturated rings. The third-order valence-corrected chi connectivity index (χ3v) is 5.72. The van der Waals surface area contributed by atoms with Crippen LogP contribution in [0.2, 0.25) is 0 Å². The zero-order valence-corrected chi connectivity index (χ0v) is 14.6. The minimum Gasteiger partial charge on any atom is -0.490 e. The lowest BCUT2D eigenvalue weighted by Gasteiger charge is -2.23. The van der Waals surface area contributed by atoms with E-state index in [0.29, 0.717) is 12.5 Å². The zero-order valence-electron chi connectivity index (χ0n) is 13.8. The molecular weight excluding hydrogens is 308 g/mol. The Bertz CT molecular complexity index is 538. The number of amides is 1. The molecule has 1 aliphatic heterocycles. The van der Waals surface area contributed by atoms with Crippen molar-refractivity contribution < 1.29 is 9.53 Å². The molecule has 1 aromatic rings. The molecular formula is C18H26N2O2S. The summed E-state index contributed by atoms with van der Waals surface area (Å²) in [6.07, 6.45) is 5.66. The van der Waals surface area contributed by atoms with Crippen LogP contribution in [0.5, 0.6) is 5.75 Å². The van der Waals surface area contributed by atoms with Crippen LogP contribution in [0.3, 0.4) is 0 Å². The summed E-state index contributed by atoms with van der Waals surface area (Å²) < 4.78 is 6.11. The Morgan fingerprint density at radius 3 is 2.96 bits per heavy atom. The quantitative estimate of drug-likeness (QED) is 0.867. The fraction of sp³-hybridized carbons (Fsp3) is 0.611. The van der Waals surface area contributed by atoms with E-state index in [0.717, 1.165) is 47.9 Å². The molecule has 1 aliphatic carbocycles. The number of rotatable bonds is 5. The standard InChI is InChI=1S/C18H26N2O2S/c1-13-16(20-18(21)11-14-12-23-10-9-19-14)7-4-8-17(13)22-15-5-2-3-6-15/h4,7-8,14-15,19H,2-3,5-6,9-12H2,1H3,(H,20,21). The predicted octanol–water partition coefficient (Wildman–Crippen LogP) is 3.35. The van der Waals surface area contributed by atoms with Crippen molar-refractivity contribution in [3.63, 3.8) is 0 Å². The lowest BCUT2D eigenvalue weighted by atomic mass is 10.1. The van der Waals surface area contributed by atoms with Crippen molar-refractivity contribution in [3.8, 4) is 5.75 Å². The molecule has 1 unspecified atom stereocenters. The molecule has 2 aliphatic rings. The van der Waals surface area contributed by atoms with E-state index in [1.54, 1.807) is 0 Å². The summed E-state index contributed by atoms with van der Waals surface area (Å²) in [6, 6.07) is 6.20. The van der Waals surface area contributed by atoms with Crippen LogP contribution in [0.15, 0.2) is 18.2 Å². The molecule has 0 aromatic heterocycles. The molecule has 0 bridgehead atoms. The van der Waals surface area contributed by atoms with Gasteiger partial charge in [0.25, 0.3) is 0 Å². The van der Waals surface area contributed by atoms with E-state index in [1.807, 2.05) is 36.9 Å². The van der Waals surface area contributed by atoms with Crippen LogP contribution < -0.4 is 15.4 Å². The average Bonchev–Trinajstić information content (AvgIpc) is 3.05. The number of nitrogens with one attached hydrogen (secondary N) is 2. The molecule has 3 rings (SSSR count). The summed E-state index contributed by atoms with van der Waals surface area (Å²) in [6.45, 7) is 3.01. The number of carbonyl (C=O) groups is 1. The summed E-state index contributed by atoms with van der Waals surface area (Å²) in [7, 11) is 0. The summed E-state index contributed by atoms with van der Waals surface area (Å²) in [5, 5.41) is 6.46. The molecule has 1 saturated heterocycles. The number of anilines is 1. The molecule has 1 saturated carbocycles. The minimum absolute atomic E-state index is 0.0751. The fourth-order valence-electron chi connectivity index (χ4n) is 3.24. The first-order chi connectivity index (χ1) is 11.2. The number of benzene rings is 1. The topological polar surface area (TPSA) is 50.4 Å². The zero-order chi connectivity index (χ0) is 16.1. The second-order valence-electron chi connectivity index (χ2n) is 6.43. The highest BCUT2D eigenvalue weighted by Crippen LogP contribution is 2.30. The van der Waals surface area contributed by atoms with Gasteiger partial charge >= 0.3 is 0 Å². The van der Waals surface area contributed by atoms with E-state index in [9.17, 15) is 4.79 Å². The van der Waals surface area contributed by atoms with Gasteiger partial charge in [-0.1, -0.05) is 6.07 Å². The average molecular weight is 334 g/mol. The van der Waals surface area contributed by atoms with Crippen LogP contribution in [0, 0.1) is 6.92 Å². The van der Waals surface area contributed by atoms with Gasteiger partial charge in [0, 0.05) is 41.8 Å². The highest BCUT2D eigenvalue weighted by molar-refractivity contribution is 7.99. The molecule has 4 nitrogen and oxygen atoms in total. The molecule has 1 aromatic carbocycles. The maximum Gasteiger partial charge on any atom is 0.225 e. The first kappa shape index (κ1) is 16.7. The van der Waals surface area contributed by atoms with Gasteiger partial charge < -0.3 is 15.4 Å². The van der Waals surface area contributed by atoms with Crippen LogP contribution in [-0.4, -0.2) is 36.1 Å². The largest absolute Gasteiger partial charge is 0.490 e. The maximum atomic E-state index is 12.3. The van der Waals surface area contributed by atoms with Crippen LogP contribution in [0.25, 0.3) is 0 Å². The SMILES string of the molecule is Cc1c(NC(=O)CC2CSCCN2)cccc1OC1CCCC1. The molecule has 0 spiro atoms. The lowest BCUT2D eigenvalue weighted by molar-refractivity contribution is -0.116. The lowest BCUT2D eigenvalue weighted by Crippen LogP contribution is -2.39. The molecule has 0 radical (unpaired) electrons. The van der Waals surface area contributed by atoms with Crippen molar-refractivity contribution in [2.45, 2.75) is 51.2 Å². The van der Waals surface area contributed by atoms with Crippen molar-refractivity contribution in [1.29, 1.82) is 0 Å². The smallest absolute Gasteiger partial charge is 0.225 e. The van der Waals surface area contributed by atoms with Crippen molar-refractivity contribution in [1.82, 2.24) is 5.32 Å². The molecule has 5 heteroatoms. The molecule has 126 valence electrons. The Morgan fingerprint density at radius 1 is 1.39 bits per heavy atom. The highest BCUT2D eigenvalue weighted by atomic mass is 32.2. The van der Waals surface area contributed by atoms with Gasteiger partial charge in [-0.2, -0.15) is 11.8 Å². The number of carbonyl (C=O) groups excluding carboxylic acids is 1. The van der Waals surface area contributed by atoms with E-state index in [-0.39, 0.29) is 11.9 Å². The molecule has 1 amide bonds. The molecule has 1 heterocycles. The van der Waals surface area contributed by atoms with E-state index in [2.05, 4.69) is 10.6 Å². The van der Waals surface area contributed by atoms with E-state index in [1.165, 1.54) is 12.8 Å². The summed E-state index contributed by atoms with van der Waals surface area (Å²) in [4.78, 5) is 12.3. The second kappa shape index (κ2) is 8.06. The minimum atomic E-state index is 0.0751. The molecule has 2 N–H and O–H groups in total. The normalized spacial score (nSPS) is 22.0. The maximum absolute atomic E-state index is 12.3. The van der Waals surface area contributed by atoms with E-state index in [4.69, 9.17) is 4.74 Å². The van der Waals surface area contributed by atoms with Gasteiger partial charge in [-0.3, -0.25) is 4.79 Å². The van der Waals surface area contributed by atoms with E-state index < -0.39 is 0 Å². The first-order valence-corrected chi connectivity index (χ1v) is 9.75. The third kappa shape index (κ3) is 4.64. The van der Waals surface area contributed by atoms with Gasteiger partial charge in [0.15, 0.2) is 0 Å². The Morgan fingerprint density at radius 2 is 2.22 bits per heavy atom. The molecule has 23 heavy (non-hydrogen) atoms. The number of ether oxygens (including phenoxy) is 1. The number of hydrogen-bond donors (Lipinski definition) is 2. The van der Waals surface area contributed by atoms with Gasteiger partial charge in [0.1, 0.15) is 5.75 Å². The number of hydrogen-bond acceptors (Lipinski definition) is 4. The Hall–Kier alpha value is -1.20. The summed E-state index contributed by atoms with van der Waals surface area (Å²) >= 11 is 1.91. The van der Waals surface area contributed by atoms with Crippen LogP contribution in [-0.2, 0) is 4.79 Å². The highest BCUT2D eigenvalue weighted by Gasteiger charge is 2.20. The monoisotopic (exact) mass is 334 g/mol. The van der Waals surface area contributed by atoms with Gasteiger partial charge in [0.2, 0.25) is 5.91 Å². The van der Waals surface area contributed by atoms with Crippen molar-refractivity contribution in [2.24, 2.45) is 0 Å². The van der Waals surface area contributed by atoms with Gasteiger partial charge in [-0.05, 0) is 44.7 Å². The van der Waals surface area contributed by atoms with Gasteiger partial charge in [0.05, 0.1) is 6.10 Å². The van der Waals surface area contributed by atoms with Crippen molar-refractivity contribution in [3.05, 3.63) is 23.8 Å². The third-order valence-electron chi connectivity index (χ3n) is 4.58. The predicted molar refractivity (Wildman–Crippen MR) is 96.4 cm³/mol. The Balaban J connectivity index is 1.59. The number of thioether (sulfide) groups is 1. The summed E-state index contributed by atoms with van der Waals surface area (Å²) in [5.74, 6) is 3.13. The van der Waals surface area contributed by atoms with E-state index >= 15 is 0 Å². The van der Waals surface area contributed by atoms with Crippen molar-refractivity contribution >= 4 is 23.4 Å². The van der Waals surface area contributed by atoms with Crippen LogP contribution in [0.1, 0.15) is 37.7 Å². The fourth-order valence-corrected chi connectivity index (χ4v) is 4.19. The van der Waals surface area contributed by atoms with Gasteiger partial charge in [-0.25, -0.2) is 0 Å². The van der Waals surface area contributed by atoms with Crippen LogP contribution >= 0.6 is 11.8 Å². The first-order valence-electron chi connectivity index (χ1n) is 8.59. The Labute approximate surface area is 142 Å². The Kier molecular flexibility index (Phi) is 5.84. The second-order valence-corrected chi connectivity index (χ2v) is 7.58. The van der Waals surface area contributed by atoms with Crippen LogP contribution in [0.4, 0.5) is 5.69 Å².